The second-order valence-electron chi connectivity index (χ2n) is 5.94. The number of carbonyl (C=O) groups is 1. The molecule has 5 heteroatoms. The highest BCUT2D eigenvalue weighted by atomic mass is 19.1. The van der Waals surface area contributed by atoms with Gasteiger partial charge < -0.3 is 15.3 Å². The van der Waals surface area contributed by atoms with Crippen molar-refractivity contribution >= 4 is 6.09 Å². The van der Waals surface area contributed by atoms with Crippen LogP contribution in [0.2, 0.25) is 0 Å². The highest BCUT2D eigenvalue weighted by Gasteiger charge is 2.37. The van der Waals surface area contributed by atoms with Crippen molar-refractivity contribution in [2.24, 2.45) is 0 Å². The first-order chi connectivity index (χ1) is 9.38. The Morgan fingerprint density at radius 2 is 2.10 bits per heavy atom. The van der Waals surface area contributed by atoms with Gasteiger partial charge in [-0.05, 0) is 44.4 Å². The number of piperidine rings is 1. The third-order valence-corrected chi connectivity index (χ3v) is 3.92. The van der Waals surface area contributed by atoms with Gasteiger partial charge >= 0.3 is 6.09 Å². The van der Waals surface area contributed by atoms with Crippen molar-refractivity contribution in [3.63, 3.8) is 0 Å². The summed E-state index contributed by atoms with van der Waals surface area (Å²) in [5, 5.41) is 12.6. The van der Waals surface area contributed by atoms with E-state index in [1.165, 1.54) is 17.0 Å². The van der Waals surface area contributed by atoms with Gasteiger partial charge in [-0.1, -0.05) is 12.1 Å². The van der Waals surface area contributed by atoms with E-state index >= 15 is 0 Å². The van der Waals surface area contributed by atoms with E-state index in [2.05, 4.69) is 5.32 Å². The predicted molar refractivity (Wildman–Crippen MR) is 75.1 cm³/mol. The second kappa shape index (κ2) is 5.79. The highest BCUT2D eigenvalue weighted by molar-refractivity contribution is 5.66. The van der Waals surface area contributed by atoms with Crippen LogP contribution in [0.3, 0.4) is 0 Å². The van der Waals surface area contributed by atoms with E-state index in [0.717, 1.165) is 18.4 Å². The average molecular weight is 280 g/mol. The smallest absolute Gasteiger partial charge is 0.407 e. The van der Waals surface area contributed by atoms with Crippen molar-refractivity contribution in [1.29, 1.82) is 0 Å². The number of nitrogens with zero attached hydrogens (tertiary/aromatic N) is 1. The summed E-state index contributed by atoms with van der Waals surface area (Å²) < 4.78 is 12.8. The Labute approximate surface area is 118 Å². The van der Waals surface area contributed by atoms with Gasteiger partial charge in [-0.3, -0.25) is 0 Å². The topological polar surface area (TPSA) is 52.6 Å². The van der Waals surface area contributed by atoms with Gasteiger partial charge in [-0.25, -0.2) is 9.18 Å². The first-order valence-electron chi connectivity index (χ1n) is 6.87. The molecule has 0 radical (unpaired) electrons. The molecule has 1 aromatic rings. The van der Waals surface area contributed by atoms with Crippen LogP contribution >= 0.6 is 0 Å². The van der Waals surface area contributed by atoms with Crippen LogP contribution in [0.1, 0.15) is 32.3 Å². The minimum Gasteiger partial charge on any atom is -0.465 e. The van der Waals surface area contributed by atoms with E-state index in [1.807, 2.05) is 13.8 Å². The Kier molecular flexibility index (Phi) is 4.28. The summed E-state index contributed by atoms with van der Waals surface area (Å²) in [7, 11) is 0. The summed E-state index contributed by atoms with van der Waals surface area (Å²) in [6, 6.07) is 6.72. The maximum atomic E-state index is 12.8. The summed E-state index contributed by atoms with van der Waals surface area (Å²) in [6.45, 7) is 5.12. The third kappa shape index (κ3) is 3.48. The molecule has 0 aliphatic carbocycles. The highest BCUT2D eigenvalue weighted by Crippen LogP contribution is 2.27. The van der Waals surface area contributed by atoms with Crippen LogP contribution in [0.4, 0.5) is 9.18 Å². The van der Waals surface area contributed by atoms with Crippen LogP contribution < -0.4 is 5.32 Å². The SMILES string of the molecule is CC1(C)C[C@H](NCc2ccc(F)cc2)CCN1C(=O)O. The molecule has 1 fully saturated rings. The molecule has 1 aliphatic rings. The Bertz CT molecular complexity index is 473. The molecule has 0 bridgehead atoms. The van der Waals surface area contributed by atoms with Gasteiger partial charge in [0.15, 0.2) is 0 Å². The number of carboxylic acid groups (broad SMARTS) is 1. The standard InChI is InChI=1S/C15H21FN2O2/c1-15(2)9-13(7-8-18(15)14(19)20)17-10-11-3-5-12(16)6-4-11/h3-6,13,17H,7-10H2,1-2H3,(H,19,20)/t13-/m1/s1. The Hall–Kier alpha value is -1.62. The second-order valence-corrected chi connectivity index (χ2v) is 5.94. The lowest BCUT2D eigenvalue weighted by atomic mass is 9.87. The fraction of sp³-hybridized carbons (Fsp3) is 0.533. The van der Waals surface area contributed by atoms with Crippen LogP contribution in [0.15, 0.2) is 24.3 Å². The lowest BCUT2D eigenvalue weighted by molar-refractivity contribution is 0.0556. The molecule has 2 N–H and O–H groups in total. The molecule has 0 spiro atoms. The summed E-state index contributed by atoms with van der Waals surface area (Å²) in [6.07, 6.45) is 0.726. The minimum atomic E-state index is -0.855. The molecule has 1 atom stereocenters. The van der Waals surface area contributed by atoms with Gasteiger partial charge in [-0.15, -0.1) is 0 Å². The van der Waals surface area contributed by atoms with E-state index in [4.69, 9.17) is 5.11 Å². The zero-order chi connectivity index (χ0) is 14.8. The number of hydrogen-bond acceptors (Lipinski definition) is 2. The summed E-state index contributed by atoms with van der Waals surface area (Å²) in [5.41, 5.74) is 0.676. The maximum Gasteiger partial charge on any atom is 0.407 e. The number of rotatable bonds is 3. The van der Waals surface area contributed by atoms with E-state index in [9.17, 15) is 9.18 Å². The molecule has 4 nitrogen and oxygen atoms in total. The number of hydrogen-bond donors (Lipinski definition) is 2. The molecule has 0 unspecified atom stereocenters. The number of nitrogens with one attached hydrogen (secondary N) is 1. The number of amides is 1. The Morgan fingerprint density at radius 3 is 2.65 bits per heavy atom. The molecule has 2 rings (SSSR count). The van der Waals surface area contributed by atoms with Gasteiger partial charge in [0.1, 0.15) is 5.82 Å². The van der Waals surface area contributed by atoms with E-state index in [0.29, 0.717) is 13.1 Å². The van der Waals surface area contributed by atoms with Crippen molar-refractivity contribution < 1.29 is 14.3 Å². The fourth-order valence-electron chi connectivity index (χ4n) is 2.80. The maximum absolute atomic E-state index is 12.8. The predicted octanol–water partition coefficient (Wildman–Crippen LogP) is 2.84. The summed E-state index contributed by atoms with van der Waals surface area (Å²) >= 11 is 0. The van der Waals surface area contributed by atoms with Crippen molar-refractivity contribution in [1.82, 2.24) is 10.2 Å². The molecule has 110 valence electrons. The van der Waals surface area contributed by atoms with Gasteiger partial charge in [0.05, 0.1) is 0 Å². The third-order valence-electron chi connectivity index (χ3n) is 3.92. The van der Waals surface area contributed by atoms with Crippen molar-refractivity contribution in [2.45, 2.75) is 44.8 Å². The molecule has 0 saturated carbocycles. The van der Waals surface area contributed by atoms with Crippen LogP contribution in [0.5, 0.6) is 0 Å². The van der Waals surface area contributed by atoms with Crippen LogP contribution in [0.25, 0.3) is 0 Å². The van der Waals surface area contributed by atoms with Crippen molar-refractivity contribution in [2.75, 3.05) is 6.54 Å². The Morgan fingerprint density at radius 1 is 1.45 bits per heavy atom. The number of halogens is 1. The molecule has 1 aromatic carbocycles. The fourth-order valence-corrected chi connectivity index (χ4v) is 2.80. The first kappa shape index (κ1) is 14.8. The van der Waals surface area contributed by atoms with Gasteiger partial charge in [0.25, 0.3) is 0 Å². The zero-order valence-corrected chi connectivity index (χ0v) is 11.9. The average Bonchev–Trinajstić information content (AvgIpc) is 2.36. The quantitative estimate of drug-likeness (QED) is 0.895. The van der Waals surface area contributed by atoms with Crippen molar-refractivity contribution in [3.8, 4) is 0 Å². The molecule has 0 aromatic heterocycles. The minimum absolute atomic E-state index is 0.232. The number of benzene rings is 1. The lowest BCUT2D eigenvalue weighted by Gasteiger charge is -2.44. The largest absolute Gasteiger partial charge is 0.465 e. The molecular formula is C15H21FN2O2. The molecule has 1 heterocycles. The first-order valence-corrected chi connectivity index (χ1v) is 6.87. The molecule has 1 amide bonds. The van der Waals surface area contributed by atoms with E-state index < -0.39 is 6.09 Å². The number of likely N-dealkylation sites (tertiary alicyclic amines) is 1. The lowest BCUT2D eigenvalue weighted by Crippen LogP contribution is -2.56. The van der Waals surface area contributed by atoms with Gasteiger partial charge in [-0.2, -0.15) is 0 Å². The molecular weight excluding hydrogens is 259 g/mol. The molecule has 20 heavy (non-hydrogen) atoms. The van der Waals surface area contributed by atoms with Gasteiger partial charge in [0.2, 0.25) is 0 Å². The van der Waals surface area contributed by atoms with Gasteiger partial charge in [0, 0.05) is 24.7 Å². The van der Waals surface area contributed by atoms with Crippen LogP contribution in [-0.4, -0.2) is 34.2 Å². The van der Waals surface area contributed by atoms with Crippen molar-refractivity contribution in [3.05, 3.63) is 35.6 Å². The summed E-state index contributed by atoms with van der Waals surface area (Å²) in [4.78, 5) is 12.7. The molecule has 1 saturated heterocycles. The van der Waals surface area contributed by atoms with Crippen LogP contribution in [-0.2, 0) is 6.54 Å². The summed E-state index contributed by atoms with van der Waals surface area (Å²) in [5.74, 6) is -0.232. The normalized spacial score (nSPS) is 21.8. The molecule has 1 aliphatic heterocycles. The van der Waals surface area contributed by atoms with E-state index in [1.54, 1.807) is 12.1 Å². The van der Waals surface area contributed by atoms with Crippen LogP contribution in [0, 0.1) is 5.82 Å². The van der Waals surface area contributed by atoms with E-state index in [-0.39, 0.29) is 17.4 Å². The monoisotopic (exact) mass is 280 g/mol. The zero-order valence-electron chi connectivity index (χ0n) is 11.9. The Balaban J connectivity index is 1.89.